The van der Waals surface area contributed by atoms with Crippen LogP contribution in [0, 0.1) is 0 Å². The van der Waals surface area contributed by atoms with Crippen molar-refractivity contribution >= 4 is 5.78 Å². The summed E-state index contributed by atoms with van der Waals surface area (Å²) >= 11 is 0. The van der Waals surface area contributed by atoms with Crippen LogP contribution in [0.15, 0.2) is 42.6 Å². The average Bonchev–Trinajstić information content (AvgIpc) is 2.60. The molecule has 146 valence electrons. The van der Waals surface area contributed by atoms with E-state index in [-0.39, 0.29) is 17.5 Å². The molecule has 0 bridgehead atoms. The smallest absolute Gasteiger partial charge is 0.422 e. The zero-order valence-electron chi connectivity index (χ0n) is 15.7. The van der Waals surface area contributed by atoms with Crippen molar-refractivity contribution in [3.63, 3.8) is 0 Å². The van der Waals surface area contributed by atoms with E-state index in [1.165, 1.54) is 17.8 Å². The molecule has 1 heterocycles. The van der Waals surface area contributed by atoms with Crippen molar-refractivity contribution < 1.29 is 22.7 Å². The predicted molar refractivity (Wildman–Crippen MR) is 98.1 cm³/mol. The minimum atomic E-state index is -4.38. The molecule has 0 fully saturated rings. The topological polar surface area (TPSA) is 39.2 Å². The number of nitrogens with zero attached hydrogens (tertiary/aromatic N) is 1. The van der Waals surface area contributed by atoms with E-state index >= 15 is 0 Å². The van der Waals surface area contributed by atoms with Crippen molar-refractivity contribution in [3.8, 4) is 5.75 Å². The van der Waals surface area contributed by atoms with E-state index < -0.39 is 12.8 Å². The fourth-order valence-electron chi connectivity index (χ4n) is 2.70. The Hall–Kier alpha value is -2.37. The van der Waals surface area contributed by atoms with Gasteiger partial charge >= 0.3 is 6.18 Å². The maximum absolute atomic E-state index is 12.3. The fraction of sp³-hybridized carbons (Fsp3) is 0.429. The molecule has 0 saturated carbocycles. The van der Waals surface area contributed by atoms with Gasteiger partial charge in [-0.15, -0.1) is 0 Å². The van der Waals surface area contributed by atoms with Crippen LogP contribution < -0.4 is 4.74 Å². The highest BCUT2D eigenvalue weighted by Gasteiger charge is 2.28. The van der Waals surface area contributed by atoms with Gasteiger partial charge in [-0.1, -0.05) is 45.0 Å². The van der Waals surface area contributed by atoms with Gasteiger partial charge < -0.3 is 4.74 Å². The standard InChI is InChI=1S/C21H24F3NO2/c1-14(2)17-6-4-16(5-7-17)11-18(26)10-15(3)20-9-8-19(12-25-20)27-13-21(22,23)24/h4-9,12,14-15H,10-11,13H2,1-3H3/t15-/m0/s1. The van der Waals surface area contributed by atoms with Crippen LogP contribution in [0.3, 0.4) is 0 Å². The van der Waals surface area contributed by atoms with Crippen molar-refractivity contribution in [2.24, 2.45) is 0 Å². The first kappa shape index (κ1) is 20.9. The minimum Gasteiger partial charge on any atom is -0.483 e. The van der Waals surface area contributed by atoms with Crippen LogP contribution in [-0.2, 0) is 11.2 Å². The number of hydrogen-bond acceptors (Lipinski definition) is 3. The van der Waals surface area contributed by atoms with Crippen LogP contribution in [0.5, 0.6) is 5.75 Å². The SMILES string of the molecule is CC(C)c1ccc(CC(=O)C[C@H](C)c2ccc(OCC(F)(F)F)cn2)cc1. The molecule has 1 atom stereocenters. The summed E-state index contributed by atoms with van der Waals surface area (Å²) in [4.78, 5) is 16.4. The van der Waals surface area contributed by atoms with Crippen LogP contribution in [0.1, 0.15) is 55.8 Å². The van der Waals surface area contributed by atoms with E-state index in [4.69, 9.17) is 0 Å². The maximum Gasteiger partial charge on any atom is 0.422 e. The zero-order valence-corrected chi connectivity index (χ0v) is 15.7. The molecule has 3 nitrogen and oxygen atoms in total. The van der Waals surface area contributed by atoms with E-state index in [0.717, 1.165) is 5.56 Å². The molecule has 0 aliphatic heterocycles. The minimum absolute atomic E-state index is 0.0554. The summed E-state index contributed by atoms with van der Waals surface area (Å²) in [5.41, 5.74) is 2.86. The van der Waals surface area contributed by atoms with Crippen molar-refractivity contribution in [1.82, 2.24) is 4.98 Å². The van der Waals surface area contributed by atoms with Crippen molar-refractivity contribution in [1.29, 1.82) is 0 Å². The Balaban J connectivity index is 1.88. The van der Waals surface area contributed by atoms with Gasteiger partial charge in [-0.05, 0) is 29.2 Å². The Bertz CT molecular complexity index is 738. The molecule has 0 unspecified atom stereocenters. The lowest BCUT2D eigenvalue weighted by molar-refractivity contribution is -0.153. The summed E-state index contributed by atoms with van der Waals surface area (Å²) in [6.45, 7) is 4.76. The lowest BCUT2D eigenvalue weighted by atomic mass is 9.95. The van der Waals surface area contributed by atoms with E-state index in [9.17, 15) is 18.0 Å². The summed E-state index contributed by atoms with van der Waals surface area (Å²) in [6.07, 6.45) is -2.45. The molecule has 27 heavy (non-hydrogen) atoms. The molecule has 1 aromatic heterocycles. The number of hydrogen-bond donors (Lipinski definition) is 0. The quantitative estimate of drug-likeness (QED) is 0.612. The number of rotatable bonds is 8. The number of aromatic nitrogens is 1. The number of ketones is 1. The van der Waals surface area contributed by atoms with Crippen LogP contribution in [0.25, 0.3) is 0 Å². The normalized spacial score (nSPS) is 12.9. The molecule has 0 aliphatic carbocycles. The first-order valence-corrected chi connectivity index (χ1v) is 8.90. The van der Waals surface area contributed by atoms with Crippen molar-refractivity contribution in [2.45, 2.75) is 51.6 Å². The molecule has 6 heteroatoms. The molecule has 0 spiro atoms. The first-order valence-electron chi connectivity index (χ1n) is 8.90. The van der Waals surface area contributed by atoms with Gasteiger partial charge in [-0.2, -0.15) is 13.2 Å². The summed E-state index contributed by atoms with van der Waals surface area (Å²) in [6, 6.07) is 11.1. The molecule has 0 aliphatic rings. The maximum atomic E-state index is 12.3. The third-order valence-electron chi connectivity index (χ3n) is 4.25. The van der Waals surface area contributed by atoms with E-state index in [2.05, 4.69) is 23.6 Å². The number of pyridine rings is 1. The molecule has 0 saturated heterocycles. The van der Waals surface area contributed by atoms with Crippen molar-refractivity contribution in [2.75, 3.05) is 6.61 Å². The molecule has 0 radical (unpaired) electrons. The monoisotopic (exact) mass is 379 g/mol. The Morgan fingerprint density at radius 2 is 1.74 bits per heavy atom. The van der Waals surface area contributed by atoms with E-state index in [0.29, 0.717) is 24.5 Å². The van der Waals surface area contributed by atoms with Crippen LogP contribution >= 0.6 is 0 Å². The second-order valence-electron chi connectivity index (χ2n) is 7.04. The van der Waals surface area contributed by atoms with Crippen LogP contribution in [0.2, 0.25) is 0 Å². The van der Waals surface area contributed by atoms with E-state index in [1.54, 1.807) is 6.07 Å². The summed E-state index contributed by atoms with van der Waals surface area (Å²) in [5, 5.41) is 0. The third kappa shape index (κ3) is 7.04. The third-order valence-corrected chi connectivity index (χ3v) is 4.25. The zero-order chi connectivity index (χ0) is 20.0. The molecular formula is C21H24F3NO2. The number of carbonyl (C=O) groups excluding carboxylic acids is 1. The Labute approximate surface area is 157 Å². The average molecular weight is 379 g/mol. The van der Waals surface area contributed by atoms with Gasteiger partial charge in [0, 0.05) is 24.5 Å². The second kappa shape index (κ2) is 9.02. The summed E-state index contributed by atoms with van der Waals surface area (Å²) < 4.78 is 41.1. The molecule has 2 rings (SSSR count). The van der Waals surface area contributed by atoms with Gasteiger partial charge in [-0.3, -0.25) is 9.78 Å². The molecule has 0 amide bonds. The molecule has 0 N–H and O–H groups in total. The second-order valence-corrected chi connectivity index (χ2v) is 7.04. The number of alkyl halides is 3. The number of ether oxygens (including phenoxy) is 1. The molecule has 1 aromatic carbocycles. The Morgan fingerprint density at radius 1 is 1.07 bits per heavy atom. The van der Waals surface area contributed by atoms with Gasteiger partial charge in [0.1, 0.15) is 11.5 Å². The first-order chi connectivity index (χ1) is 12.6. The predicted octanol–water partition coefficient (Wildman–Crippen LogP) is 5.45. The highest BCUT2D eigenvalue weighted by molar-refractivity contribution is 5.81. The lowest BCUT2D eigenvalue weighted by Crippen LogP contribution is -2.19. The van der Waals surface area contributed by atoms with Crippen LogP contribution in [0.4, 0.5) is 13.2 Å². The van der Waals surface area contributed by atoms with Gasteiger partial charge in [0.25, 0.3) is 0 Å². The van der Waals surface area contributed by atoms with Gasteiger partial charge in [0.2, 0.25) is 0 Å². The number of halogens is 3. The number of benzene rings is 1. The summed E-state index contributed by atoms with van der Waals surface area (Å²) in [7, 11) is 0. The van der Waals surface area contributed by atoms with Crippen LogP contribution in [-0.4, -0.2) is 23.6 Å². The number of Topliss-reactive ketones (excluding diaryl/α,β-unsaturated/α-hetero) is 1. The van der Waals surface area contributed by atoms with Gasteiger partial charge in [0.15, 0.2) is 6.61 Å². The largest absolute Gasteiger partial charge is 0.483 e. The fourth-order valence-corrected chi connectivity index (χ4v) is 2.70. The molecular weight excluding hydrogens is 355 g/mol. The van der Waals surface area contributed by atoms with E-state index in [1.807, 2.05) is 31.2 Å². The summed E-state index contributed by atoms with van der Waals surface area (Å²) in [5.74, 6) is 0.479. The van der Waals surface area contributed by atoms with Crippen molar-refractivity contribution in [3.05, 3.63) is 59.4 Å². The highest BCUT2D eigenvalue weighted by atomic mass is 19.4. The Kier molecular flexibility index (Phi) is 6.99. The Morgan fingerprint density at radius 3 is 2.26 bits per heavy atom. The highest BCUT2D eigenvalue weighted by Crippen LogP contribution is 2.22. The van der Waals surface area contributed by atoms with Gasteiger partial charge in [-0.25, -0.2) is 0 Å². The lowest BCUT2D eigenvalue weighted by Gasteiger charge is -2.12. The molecule has 2 aromatic rings. The number of carbonyl (C=O) groups is 1. The van der Waals surface area contributed by atoms with Gasteiger partial charge in [0.05, 0.1) is 6.20 Å².